The fourth-order valence-electron chi connectivity index (χ4n) is 6.27. The first-order chi connectivity index (χ1) is 19.6. The first-order valence-corrected chi connectivity index (χ1v) is 13.7. The Kier molecular flexibility index (Phi) is 5.71. The summed E-state index contributed by atoms with van der Waals surface area (Å²) in [6.07, 6.45) is 0. The van der Waals surface area contributed by atoms with Crippen molar-refractivity contribution in [1.29, 1.82) is 0 Å². The van der Waals surface area contributed by atoms with Crippen molar-refractivity contribution >= 4 is 43.1 Å². The second-order valence-electron chi connectivity index (χ2n) is 10.5. The predicted molar refractivity (Wildman–Crippen MR) is 170 cm³/mol. The van der Waals surface area contributed by atoms with Crippen LogP contribution in [-0.4, -0.2) is 14.2 Å². The maximum absolute atomic E-state index is 5.55. The zero-order chi connectivity index (χ0) is 27.4. The van der Waals surface area contributed by atoms with Gasteiger partial charge in [-0.15, -0.1) is 0 Å². The van der Waals surface area contributed by atoms with Crippen LogP contribution in [-0.2, 0) is 0 Å². The molecule has 0 fully saturated rings. The van der Waals surface area contributed by atoms with Crippen LogP contribution in [0.1, 0.15) is 11.1 Å². The van der Waals surface area contributed by atoms with E-state index in [1.54, 1.807) is 14.2 Å². The fraction of sp³-hybridized carbons (Fsp3) is 0.105. The van der Waals surface area contributed by atoms with E-state index in [1.807, 2.05) is 0 Å². The summed E-state index contributed by atoms with van der Waals surface area (Å²) in [6.45, 7) is 4.43. The minimum Gasteiger partial charge on any atom is -0.497 e. The van der Waals surface area contributed by atoms with Crippen LogP contribution in [0, 0.1) is 13.8 Å². The molecule has 0 radical (unpaired) electrons. The normalized spacial score (nSPS) is 11.5. The summed E-state index contributed by atoms with van der Waals surface area (Å²) < 4.78 is 11.1. The molecule has 0 atom stereocenters. The lowest BCUT2D eigenvalue weighted by Crippen LogP contribution is -1.96. The molecule has 2 nitrogen and oxygen atoms in total. The number of benzene rings is 7. The quantitative estimate of drug-likeness (QED) is 0.216. The van der Waals surface area contributed by atoms with E-state index in [2.05, 4.69) is 123 Å². The molecule has 0 unspecified atom stereocenters. The van der Waals surface area contributed by atoms with E-state index in [0.29, 0.717) is 0 Å². The van der Waals surface area contributed by atoms with Gasteiger partial charge in [0.15, 0.2) is 0 Å². The van der Waals surface area contributed by atoms with Gasteiger partial charge >= 0.3 is 0 Å². The van der Waals surface area contributed by atoms with Gasteiger partial charge in [-0.3, -0.25) is 0 Å². The highest BCUT2D eigenvalue weighted by Crippen LogP contribution is 2.50. The Balaban J connectivity index is 1.82. The maximum atomic E-state index is 5.55. The van der Waals surface area contributed by atoms with Crippen LogP contribution in [0.15, 0.2) is 109 Å². The lowest BCUT2D eigenvalue weighted by atomic mass is 9.80. The van der Waals surface area contributed by atoms with Crippen molar-refractivity contribution in [2.45, 2.75) is 13.8 Å². The fourth-order valence-corrected chi connectivity index (χ4v) is 6.27. The summed E-state index contributed by atoms with van der Waals surface area (Å²) in [6, 6.07) is 39.4. The highest BCUT2D eigenvalue weighted by atomic mass is 16.5. The Bertz CT molecular complexity index is 2070. The number of ether oxygens (including phenoxy) is 2. The van der Waals surface area contributed by atoms with Crippen LogP contribution < -0.4 is 9.47 Å². The van der Waals surface area contributed by atoms with Gasteiger partial charge in [0.05, 0.1) is 14.2 Å². The van der Waals surface area contributed by atoms with E-state index in [0.717, 1.165) is 17.1 Å². The van der Waals surface area contributed by atoms with Gasteiger partial charge in [0.1, 0.15) is 11.5 Å². The van der Waals surface area contributed by atoms with E-state index < -0.39 is 0 Å². The van der Waals surface area contributed by atoms with Crippen molar-refractivity contribution in [3.63, 3.8) is 0 Å². The van der Waals surface area contributed by atoms with Gasteiger partial charge in [0.2, 0.25) is 0 Å². The average Bonchev–Trinajstić information content (AvgIpc) is 3.01. The van der Waals surface area contributed by atoms with Crippen LogP contribution in [0.3, 0.4) is 0 Å². The lowest BCUT2D eigenvalue weighted by molar-refractivity contribution is 0.414. The SMILES string of the molecule is COc1ccc(-c2c(-c3ccc(OC)cc3)c3c4ccccc4c4ccccc4c3c3cc(C)c(C)cc23)cc1. The molecule has 0 bridgehead atoms. The highest BCUT2D eigenvalue weighted by Gasteiger charge is 2.22. The Morgan fingerprint density at radius 1 is 0.400 bits per heavy atom. The molecule has 0 aliphatic rings. The number of hydrogen-bond acceptors (Lipinski definition) is 2. The van der Waals surface area contributed by atoms with Crippen LogP contribution in [0.25, 0.3) is 65.3 Å². The van der Waals surface area contributed by atoms with Crippen LogP contribution in [0.5, 0.6) is 11.5 Å². The average molecular weight is 519 g/mol. The third-order valence-electron chi connectivity index (χ3n) is 8.36. The summed E-state index contributed by atoms with van der Waals surface area (Å²) >= 11 is 0. The van der Waals surface area contributed by atoms with E-state index in [4.69, 9.17) is 9.47 Å². The monoisotopic (exact) mass is 518 g/mol. The molecule has 7 rings (SSSR count). The molecule has 194 valence electrons. The van der Waals surface area contributed by atoms with Crippen molar-refractivity contribution in [2.75, 3.05) is 14.2 Å². The molecule has 7 aromatic rings. The Labute approximate surface area is 234 Å². The summed E-state index contributed by atoms with van der Waals surface area (Å²) in [5, 5.41) is 10.2. The molecule has 0 aromatic heterocycles. The zero-order valence-electron chi connectivity index (χ0n) is 23.2. The molecule has 0 spiro atoms. The van der Waals surface area contributed by atoms with Gasteiger partial charge in [-0.2, -0.15) is 0 Å². The second-order valence-corrected chi connectivity index (χ2v) is 10.5. The molecule has 0 amide bonds. The van der Waals surface area contributed by atoms with Gasteiger partial charge in [-0.25, -0.2) is 0 Å². The van der Waals surface area contributed by atoms with E-state index in [9.17, 15) is 0 Å². The number of hydrogen-bond donors (Lipinski definition) is 0. The minimum atomic E-state index is 0.849. The molecular weight excluding hydrogens is 488 g/mol. The first-order valence-electron chi connectivity index (χ1n) is 13.7. The zero-order valence-corrected chi connectivity index (χ0v) is 23.2. The molecule has 0 saturated heterocycles. The molecule has 0 saturated carbocycles. The van der Waals surface area contributed by atoms with Gasteiger partial charge in [-0.1, -0.05) is 84.9 Å². The second kappa shape index (κ2) is 9.43. The van der Waals surface area contributed by atoms with Gasteiger partial charge in [-0.05, 0) is 115 Å². The van der Waals surface area contributed by atoms with Gasteiger partial charge in [0.25, 0.3) is 0 Å². The smallest absolute Gasteiger partial charge is 0.118 e. The maximum Gasteiger partial charge on any atom is 0.118 e. The molecule has 0 aliphatic carbocycles. The predicted octanol–water partition coefficient (Wildman–Crippen LogP) is 10.3. The summed E-state index contributed by atoms with van der Waals surface area (Å²) in [5.74, 6) is 1.70. The van der Waals surface area contributed by atoms with E-state index in [1.165, 1.54) is 70.9 Å². The number of methoxy groups -OCH3 is 2. The molecule has 0 aliphatic heterocycles. The molecule has 0 heterocycles. The lowest BCUT2D eigenvalue weighted by Gasteiger charge is -2.23. The van der Waals surface area contributed by atoms with Crippen LogP contribution in [0.2, 0.25) is 0 Å². The molecule has 2 heteroatoms. The standard InChI is InChI=1S/C38H30O2/c1-23-21-33-34(22-24(23)2)37-31-11-7-5-9-29(31)30-10-6-8-12-32(30)38(37)36(26-15-19-28(40-4)20-16-26)35(33)25-13-17-27(39-3)18-14-25/h5-22H,1-4H3. The first kappa shape index (κ1) is 24.2. The summed E-state index contributed by atoms with van der Waals surface area (Å²) in [5.41, 5.74) is 7.38. The Morgan fingerprint density at radius 2 is 0.825 bits per heavy atom. The largest absolute Gasteiger partial charge is 0.497 e. The van der Waals surface area contributed by atoms with Crippen molar-refractivity contribution in [3.8, 4) is 33.8 Å². The van der Waals surface area contributed by atoms with Gasteiger partial charge in [0, 0.05) is 0 Å². The van der Waals surface area contributed by atoms with Crippen molar-refractivity contribution in [1.82, 2.24) is 0 Å². The molecule has 40 heavy (non-hydrogen) atoms. The van der Waals surface area contributed by atoms with Gasteiger partial charge < -0.3 is 9.47 Å². The summed E-state index contributed by atoms with van der Waals surface area (Å²) in [4.78, 5) is 0. The van der Waals surface area contributed by atoms with Crippen molar-refractivity contribution in [3.05, 3.63) is 120 Å². The third-order valence-corrected chi connectivity index (χ3v) is 8.36. The molecular formula is C38H30O2. The van der Waals surface area contributed by atoms with E-state index >= 15 is 0 Å². The van der Waals surface area contributed by atoms with Crippen molar-refractivity contribution in [2.24, 2.45) is 0 Å². The van der Waals surface area contributed by atoms with Crippen LogP contribution in [0.4, 0.5) is 0 Å². The number of fused-ring (bicyclic) bond motifs is 8. The van der Waals surface area contributed by atoms with Crippen LogP contribution >= 0.6 is 0 Å². The minimum absolute atomic E-state index is 0.849. The summed E-state index contributed by atoms with van der Waals surface area (Å²) in [7, 11) is 3.43. The topological polar surface area (TPSA) is 18.5 Å². The molecule has 7 aromatic carbocycles. The van der Waals surface area contributed by atoms with Crippen molar-refractivity contribution < 1.29 is 9.47 Å². The third kappa shape index (κ3) is 3.64. The van der Waals surface area contributed by atoms with E-state index in [-0.39, 0.29) is 0 Å². The molecule has 0 N–H and O–H groups in total. The Morgan fingerprint density at radius 3 is 1.32 bits per heavy atom. The number of aryl methyl sites for hydroxylation is 2. The highest BCUT2D eigenvalue weighted by molar-refractivity contribution is 6.37. The number of rotatable bonds is 4. The Hall–Kier alpha value is -4.82.